The van der Waals surface area contributed by atoms with Crippen LogP contribution in [0.15, 0.2) is 18.2 Å². The van der Waals surface area contributed by atoms with Gasteiger partial charge in [0.2, 0.25) is 0 Å². The van der Waals surface area contributed by atoms with Gasteiger partial charge in [0, 0.05) is 11.1 Å². The number of hydrogen-bond acceptors (Lipinski definition) is 2. The number of fused-ring (bicyclic) bond motifs is 1. The molecule has 2 rings (SSSR count). The Balaban J connectivity index is 2.32. The van der Waals surface area contributed by atoms with Gasteiger partial charge in [-0.15, -0.1) is 0 Å². The van der Waals surface area contributed by atoms with E-state index < -0.39 is 0 Å². The van der Waals surface area contributed by atoms with Crippen LogP contribution >= 0.6 is 35.6 Å². The van der Waals surface area contributed by atoms with Gasteiger partial charge in [-0.05, 0) is 55.3 Å². The van der Waals surface area contributed by atoms with E-state index in [4.69, 9.17) is 23.8 Å². The summed E-state index contributed by atoms with van der Waals surface area (Å²) in [6.07, 6.45) is 1.13. The van der Waals surface area contributed by atoms with Gasteiger partial charge in [0.1, 0.15) is 0 Å². The molecule has 0 radical (unpaired) electrons. The molecular formula is C13H17ClN2S2. The van der Waals surface area contributed by atoms with Crippen LogP contribution in [0.4, 0.5) is 0 Å². The Morgan fingerprint density at radius 1 is 1.50 bits per heavy atom. The third kappa shape index (κ3) is 2.92. The lowest BCUT2D eigenvalue weighted by molar-refractivity contribution is 0.543. The molecule has 1 atom stereocenters. The highest BCUT2D eigenvalue weighted by Gasteiger charge is 2.11. The fraction of sp³-hybridized carbons (Fsp3) is 0.462. The van der Waals surface area contributed by atoms with E-state index in [0.29, 0.717) is 6.04 Å². The molecule has 1 unspecified atom stereocenters. The molecule has 5 heteroatoms. The molecule has 1 N–H and O–H groups in total. The van der Waals surface area contributed by atoms with E-state index >= 15 is 0 Å². The predicted octanol–water partition coefficient (Wildman–Crippen LogP) is 5.06. The first-order valence-electron chi connectivity index (χ1n) is 6.11. The van der Waals surface area contributed by atoms with Gasteiger partial charge in [-0.2, -0.15) is 11.8 Å². The van der Waals surface area contributed by atoms with Gasteiger partial charge in [0.05, 0.1) is 11.0 Å². The Morgan fingerprint density at radius 3 is 3.00 bits per heavy atom. The van der Waals surface area contributed by atoms with Crippen molar-refractivity contribution < 1.29 is 0 Å². The fourth-order valence-corrected chi connectivity index (χ4v) is 3.43. The summed E-state index contributed by atoms with van der Waals surface area (Å²) in [5.74, 6) is 2.33. The molecule has 0 amide bonds. The molecule has 0 aliphatic rings. The summed E-state index contributed by atoms with van der Waals surface area (Å²) < 4.78 is 2.97. The van der Waals surface area contributed by atoms with E-state index in [-0.39, 0.29) is 0 Å². The fourth-order valence-electron chi connectivity index (χ4n) is 2.07. The number of thioether (sulfide) groups is 1. The Hall–Kier alpha value is -0.450. The topological polar surface area (TPSA) is 20.7 Å². The van der Waals surface area contributed by atoms with Gasteiger partial charge in [0.15, 0.2) is 4.77 Å². The number of rotatable bonds is 5. The summed E-state index contributed by atoms with van der Waals surface area (Å²) in [6, 6.07) is 6.28. The van der Waals surface area contributed by atoms with Crippen molar-refractivity contribution in [1.82, 2.24) is 9.55 Å². The zero-order valence-electron chi connectivity index (χ0n) is 10.6. The van der Waals surface area contributed by atoms with Crippen molar-refractivity contribution in [3.8, 4) is 0 Å². The van der Waals surface area contributed by atoms with Crippen molar-refractivity contribution in [3.05, 3.63) is 28.0 Å². The molecule has 0 aliphatic carbocycles. The van der Waals surface area contributed by atoms with E-state index in [1.54, 1.807) is 0 Å². The van der Waals surface area contributed by atoms with Crippen LogP contribution in [0.25, 0.3) is 11.0 Å². The maximum Gasteiger partial charge on any atom is 0.178 e. The van der Waals surface area contributed by atoms with E-state index in [2.05, 4.69) is 23.4 Å². The second-order valence-electron chi connectivity index (χ2n) is 4.30. The molecule has 0 aliphatic heterocycles. The molecule has 0 saturated carbocycles. The average Bonchev–Trinajstić information content (AvgIpc) is 2.64. The first-order chi connectivity index (χ1) is 8.63. The zero-order chi connectivity index (χ0) is 13.1. The lowest BCUT2D eigenvalue weighted by Gasteiger charge is -2.14. The minimum Gasteiger partial charge on any atom is -0.331 e. The van der Waals surface area contributed by atoms with Gasteiger partial charge >= 0.3 is 0 Å². The Kier molecular flexibility index (Phi) is 4.76. The minimum absolute atomic E-state index is 0.409. The number of nitrogens with one attached hydrogen (secondary N) is 1. The minimum atomic E-state index is 0.409. The van der Waals surface area contributed by atoms with Crippen LogP contribution in [0.5, 0.6) is 0 Å². The van der Waals surface area contributed by atoms with Gasteiger partial charge < -0.3 is 9.55 Å². The number of imidazole rings is 1. The molecule has 1 aromatic heterocycles. The molecule has 1 heterocycles. The van der Waals surface area contributed by atoms with Crippen LogP contribution in [-0.2, 0) is 0 Å². The quantitative estimate of drug-likeness (QED) is 0.615. The number of benzene rings is 1. The second kappa shape index (κ2) is 6.13. The highest BCUT2D eigenvalue weighted by Crippen LogP contribution is 2.24. The smallest absolute Gasteiger partial charge is 0.178 e. The summed E-state index contributed by atoms with van der Waals surface area (Å²) in [5.41, 5.74) is 2.15. The average molecular weight is 301 g/mol. The standard InChI is InChI=1S/C13H17ClN2S2/c1-3-18-7-6-9(2)16-12-5-4-10(14)8-11(12)15-13(16)17/h4-5,8-9H,3,6-7H2,1-2H3,(H,15,17). The molecule has 2 nitrogen and oxygen atoms in total. The van der Waals surface area contributed by atoms with E-state index in [1.165, 1.54) is 11.5 Å². The van der Waals surface area contributed by atoms with Crippen molar-refractivity contribution in [2.24, 2.45) is 0 Å². The van der Waals surface area contributed by atoms with Crippen LogP contribution < -0.4 is 0 Å². The third-order valence-electron chi connectivity index (χ3n) is 3.00. The maximum atomic E-state index is 6.00. The van der Waals surface area contributed by atoms with Crippen molar-refractivity contribution in [1.29, 1.82) is 0 Å². The highest BCUT2D eigenvalue weighted by molar-refractivity contribution is 7.99. The van der Waals surface area contributed by atoms with E-state index in [0.717, 1.165) is 27.2 Å². The van der Waals surface area contributed by atoms with Gasteiger partial charge in [-0.25, -0.2) is 0 Å². The molecule has 0 spiro atoms. The molecule has 98 valence electrons. The van der Waals surface area contributed by atoms with Crippen LogP contribution in [0.2, 0.25) is 5.02 Å². The molecule has 0 bridgehead atoms. The maximum absolute atomic E-state index is 6.00. The molecule has 0 fully saturated rings. The Bertz CT molecular complexity index is 588. The number of aromatic nitrogens is 2. The number of nitrogens with zero attached hydrogens (tertiary/aromatic N) is 1. The molecule has 18 heavy (non-hydrogen) atoms. The van der Waals surface area contributed by atoms with Crippen molar-refractivity contribution in [3.63, 3.8) is 0 Å². The second-order valence-corrected chi connectivity index (χ2v) is 6.51. The summed E-state index contributed by atoms with van der Waals surface area (Å²) >= 11 is 13.4. The van der Waals surface area contributed by atoms with Gasteiger partial charge in [-0.1, -0.05) is 18.5 Å². The number of aromatic amines is 1. The summed E-state index contributed by atoms with van der Waals surface area (Å²) in [5, 5.41) is 0.736. The molecule has 1 aromatic carbocycles. The number of H-pyrrole nitrogens is 1. The third-order valence-corrected chi connectivity index (χ3v) is 4.47. The number of halogens is 1. The number of hydrogen-bond donors (Lipinski definition) is 1. The molecule has 0 saturated heterocycles. The monoisotopic (exact) mass is 300 g/mol. The Morgan fingerprint density at radius 2 is 2.28 bits per heavy atom. The van der Waals surface area contributed by atoms with E-state index in [1.807, 2.05) is 30.0 Å². The van der Waals surface area contributed by atoms with Crippen LogP contribution in [0, 0.1) is 4.77 Å². The lowest BCUT2D eigenvalue weighted by Crippen LogP contribution is -2.06. The highest BCUT2D eigenvalue weighted by atomic mass is 35.5. The normalized spacial score (nSPS) is 13.1. The molecular weight excluding hydrogens is 284 g/mol. The predicted molar refractivity (Wildman–Crippen MR) is 84.5 cm³/mol. The van der Waals surface area contributed by atoms with Crippen LogP contribution in [-0.4, -0.2) is 21.1 Å². The van der Waals surface area contributed by atoms with Gasteiger partial charge in [-0.3, -0.25) is 0 Å². The van der Waals surface area contributed by atoms with Crippen LogP contribution in [0.1, 0.15) is 26.3 Å². The van der Waals surface area contributed by atoms with Crippen molar-refractivity contribution >= 4 is 46.6 Å². The first-order valence-corrected chi connectivity index (χ1v) is 8.05. The van der Waals surface area contributed by atoms with Crippen molar-refractivity contribution in [2.45, 2.75) is 26.3 Å². The summed E-state index contributed by atoms with van der Waals surface area (Å²) in [6.45, 7) is 4.41. The molecule has 2 aromatic rings. The summed E-state index contributed by atoms with van der Waals surface area (Å²) in [7, 11) is 0. The van der Waals surface area contributed by atoms with Crippen LogP contribution in [0.3, 0.4) is 0 Å². The largest absolute Gasteiger partial charge is 0.331 e. The zero-order valence-corrected chi connectivity index (χ0v) is 13.0. The van der Waals surface area contributed by atoms with Crippen molar-refractivity contribution in [2.75, 3.05) is 11.5 Å². The van der Waals surface area contributed by atoms with E-state index in [9.17, 15) is 0 Å². The Labute approximate surface area is 122 Å². The SMILES string of the molecule is CCSCCC(C)n1c(=S)[nH]c2cc(Cl)ccc21. The summed E-state index contributed by atoms with van der Waals surface area (Å²) in [4.78, 5) is 3.23. The first kappa shape index (κ1) is 14.0. The van der Waals surface area contributed by atoms with Gasteiger partial charge in [0.25, 0.3) is 0 Å². The lowest BCUT2D eigenvalue weighted by atomic mass is 10.2.